The van der Waals surface area contributed by atoms with E-state index in [-0.39, 0.29) is 12.0 Å². The molecule has 3 heterocycles. The Morgan fingerprint density at radius 1 is 1.24 bits per heavy atom. The van der Waals surface area contributed by atoms with Gasteiger partial charge in [0.25, 0.3) is 0 Å². The molecule has 1 aliphatic heterocycles. The first-order chi connectivity index (χ1) is 11.8. The van der Waals surface area contributed by atoms with E-state index in [2.05, 4.69) is 25.9 Å². The van der Waals surface area contributed by atoms with Gasteiger partial charge in [0.1, 0.15) is 5.69 Å². The van der Waals surface area contributed by atoms with Crippen LogP contribution in [0.25, 0.3) is 0 Å². The number of pyridine rings is 1. The van der Waals surface area contributed by atoms with Gasteiger partial charge in [0, 0.05) is 50.8 Å². The molecule has 1 unspecified atom stereocenters. The molecule has 0 saturated carbocycles. The second-order valence-corrected chi connectivity index (χ2v) is 6.28. The number of anilines is 1. The second-order valence-electron chi connectivity index (χ2n) is 6.28. The molecule has 5 nitrogen and oxygen atoms in total. The van der Waals surface area contributed by atoms with Gasteiger partial charge in [0.05, 0.1) is 0 Å². The van der Waals surface area contributed by atoms with Crippen LogP contribution in [0.3, 0.4) is 0 Å². The SMILES string of the molecule is Cc1ncccc1CN1CCC(N(C)c2nccc(C(F)(F)F)n2)C1. The first kappa shape index (κ1) is 17.6. The van der Waals surface area contributed by atoms with E-state index < -0.39 is 11.9 Å². The molecule has 1 saturated heterocycles. The quantitative estimate of drug-likeness (QED) is 0.848. The van der Waals surface area contributed by atoms with E-state index in [0.29, 0.717) is 0 Å². The summed E-state index contributed by atoms with van der Waals surface area (Å²) >= 11 is 0. The summed E-state index contributed by atoms with van der Waals surface area (Å²) in [6, 6.07) is 4.94. The Labute approximate surface area is 144 Å². The van der Waals surface area contributed by atoms with Crippen LogP contribution in [0, 0.1) is 6.92 Å². The lowest BCUT2D eigenvalue weighted by molar-refractivity contribution is -0.141. The van der Waals surface area contributed by atoms with Gasteiger partial charge < -0.3 is 4.90 Å². The number of nitrogens with zero attached hydrogens (tertiary/aromatic N) is 5. The third kappa shape index (κ3) is 4.07. The Bertz CT molecular complexity index is 734. The highest BCUT2D eigenvalue weighted by molar-refractivity contribution is 5.32. The third-order valence-corrected chi connectivity index (χ3v) is 4.55. The summed E-state index contributed by atoms with van der Waals surface area (Å²) in [5, 5.41) is 0. The van der Waals surface area contributed by atoms with E-state index in [0.717, 1.165) is 44.0 Å². The van der Waals surface area contributed by atoms with E-state index in [4.69, 9.17) is 0 Å². The molecule has 25 heavy (non-hydrogen) atoms. The summed E-state index contributed by atoms with van der Waals surface area (Å²) in [4.78, 5) is 16.0. The monoisotopic (exact) mass is 351 g/mol. The van der Waals surface area contributed by atoms with E-state index in [9.17, 15) is 13.2 Å². The van der Waals surface area contributed by atoms with Crippen molar-refractivity contribution in [3.63, 3.8) is 0 Å². The number of halogens is 3. The van der Waals surface area contributed by atoms with Crippen LogP contribution >= 0.6 is 0 Å². The lowest BCUT2D eigenvalue weighted by Crippen LogP contribution is -2.36. The largest absolute Gasteiger partial charge is 0.433 e. The summed E-state index contributed by atoms with van der Waals surface area (Å²) in [5.74, 6) is 0.110. The number of hydrogen-bond acceptors (Lipinski definition) is 5. The van der Waals surface area contributed by atoms with Gasteiger partial charge in [-0.2, -0.15) is 13.2 Å². The Morgan fingerprint density at radius 3 is 2.76 bits per heavy atom. The van der Waals surface area contributed by atoms with Gasteiger partial charge in [0.15, 0.2) is 0 Å². The van der Waals surface area contributed by atoms with E-state index >= 15 is 0 Å². The Morgan fingerprint density at radius 2 is 2.04 bits per heavy atom. The van der Waals surface area contributed by atoms with Crippen molar-refractivity contribution in [2.75, 3.05) is 25.0 Å². The molecule has 1 fully saturated rings. The molecular weight excluding hydrogens is 331 g/mol. The zero-order valence-corrected chi connectivity index (χ0v) is 14.2. The predicted octanol–water partition coefficient (Wildman–Crippen LogP) is 2.91. The van der Waals surface area contributed by atoms with Crippen molar-refractivity contribution >= 4 is 5.95 Å². The molecular formula is C17H20F3N5. The van der Waals surface area contributed by atoms with Crippen molar-refractivity contribution in [1.82, 2.24) is 19.9 Å². The average molecular weight is 351 g/mol. The number of likely N-dealkylation sites (tertiary alicyclic amines) is 1. The Kier molecular flexibility index (Phi) is 4.89. The first-order valence-electron chi connectivity index (χ1n) is 8.10. The molecule has 0 amide bonds. The highest BCUT2D eigenvalue weighted by Gasteiger charge is 2.34. The molecule has 2 aromatic rings. The molecule has 8 heteroatoms. The van der Waals surface area contributed by atoms with Crippen molar-refractivity contribution in [1.29, 1.82) is 0 Å². The maximum Gasteiger partial charge on any atom is 0.433 e. The standard InChI is InChI=1S/C17H20F3N5/c1-12-13(4-3-7-21-12)10-25-9-6-14(11-25)24(2)16-22-8-5-15(23-16)17(18,19)20/h3-5,7-8,14H,6,9-11H2,1-2H3. The zero-order chi connectivity index (χ0) is 18.0. The fourth-order valence-electron chi connectivity index (χ4n) is 3.04. The minimum Gasteiger partial charge on any atom is -0.340 e. The van der Waals surface area contributed by atoms with Crippen LogP contribution in [0.1, 0.15) is 23.4 Å². The van der Waals surface area contributed by atoms with Gasteiger partial charge in [-0.3, -0.25) is 9.88 Å². The van der Waals surface area contributed by atoms with Crippen molar-refractivity contribution in [2.45, 2.75) is 32.1 Å². The molecule has 0 bridgehead atoms. The number of rotatable bonds is 4. The molecule has 0 aliphatic carbocycles. The summed E-state index contributed by atoms with van der Waals surface area (Å²) in [6.07, 6.45) is -0.675. The molecule has 1 atom stereocenters. The molecule has 0 N–H and O–H groups in total. The van der Waals surface area contributed by atoms with Gasteiger partial charge >= 0.3 is 6.18 Å². The molecule has 2 aromatic heterocycles. The summed E-state index contributed by atoms with van der Waals surface area (Å²) in [7, 11) is 1.75. The van der Waals surface area contributed by atoms with Crippen LogP contribution in [-0.2, 0) is 12.7 Å². The smallest absolute Gasteiger partial charge is 0.340 e. The number of hydrogen-bond donors (Lipinski definition) is 0. The van der Waals surface area contributed by atoms with Gasteiger partial charge in [-0.25, -0.2) is 9.97 Å². The Hall–Kier alpha value is -2.22. The fraction of sp³-hybridized carbons (Fsp3) is 0.471. The predicted molar refractivity (Wildman–Crippen MR) is 88.1 cm³/mol. The average Bonchev–Trinajstić information content (AvgIpc) is 3.04. The molecule has 0 spiro atoms. The minimum atomic E-state index is -4.46. The fourth-order valence-corrected chi connectivity index (χ4v) is 3.04. The zero-order valence-electron chi connectivity index (χ0n) is 14.2. The van der Waals surface area contributed by atoms with Crippen LogP contribution < -0.4 is 4.90 Å². The minimum absolute atomic E-state index is 0.0838. The van der Waals surface area contributed by atoms with E-state index in [1.54, 1.807) is 18.1 Å². The molecule has 0 radical (unpaired) electrons. The van der Waals surface area contributed by atoms with Crippen LogP contribution in [0.2, 0.25) is 0 Å². The molecule has 134 valence electrons. The van der Waals surface area contributed by atoms with Gasteiger partial charge in [-0.15, -0.1) is 0 Å². The lowest BCUT2D eigenvalue weighted by Gasteiger charge is -2.25. The van der Waals surface area contributed by atoms with Crippen LogP contribution in [0.5, 0.6) is 0 Å². The maximum atomic E-state index is 12.8. The number of likely N-dealkylation sites (N-methyl/N-ethyl adjacent to an activating group) is 1. The van der Waals surface area contributed by atoms with Crippen molar-refractivity contribution < 1.29 is 13.2 Å². The first-order valence-corrected chi connectivity index (χ1v) is 8.10. The van der Waals surface area contributed by atoms with Gasteiger partial charge in [-0.1, -0.05) is 6.07 Å². The van der Waals surface area contributed by atoms with E-state index in [1.807, 2.05) is 13.0 Å². The van der Waals surface area contributed by atoms with E-state index in [1.165, 1.54) is 5.56 Å². The molecule has 0 aromatic carbocycles. The normalized spacial score (nSPS) is 18.5. The summed E-state index contributed by atoms with van der Waals surface area (Å²) in [5.41, 5.74) is 1.26. The van der Waals surface area contributed by atoms with Crippen LogP contribution in [-0.4, -0.2) is 46.0 Å². The Balaban J connectivity index is 1.67. The van der Waals surface area contributed by atoms with Crippen molar-refractivity contribution in [3.05, 3.63) is 47.5 Å². The highest BCUT2D eigenvalue weighted by atomic mass is 19.4. The molecule has 1 aliphatic rings. The van der Waals surface area contributed by atoms with Crippen LogP contribution in [0.4, 0.5) is 19.1 Å². The van der Waals surface area contributed by atoms with Gasteiger partial charge in [0.2, 0.25) is 5.95 Å². The number of alkyl halides is 3. The number of aromatic nitrogens is 3. The van der Waals surface area contributed by atoms with Crippen molar-refractivity contribution in [2.24, 2.45) is 0 Å². The van der Waals surface area contributed by atoms with Crippen LogP contribution in [0.15, 0.2) is 30.6 Å². The van der Waals surface area contributed by atoms with Gasteiger partial charge in [-0.05, 0) is 31.0 Å². The van der Waals surface area contributed by atoms with Crippen molar-refractivity contribution in [3.8, 4) is 0 Å². The molecule has 3 rings (SSSR count). The lowest BCUT2D eigenvalue weighted by atomic mass is 10.2. The highest BCUT2D eigenvalue weighted by Crippen LogP contribution is 2.29. The summed E-state index contributed by atoms with van der Waals surface area (Å²) in [6.45, 7) is 4.39. The summed E-state index contributed by atoms with van der Waals surface area (Å²) < 4.78 is 38.5. The third-order valence-electron chi connectivity index (χ3n) is 4.55. The number of aryl methyl sites for hydroxylation is 1. The second kappa shape index (κ2) is 6.95. The maximum absolute atomic E-state index is 12.8. The topological polar surface area (TPSA) is 45.2 Å².